The summed E-state index contributed by atoms with van der Waals surface area (Å²) in [6.07, 6.45) is 0. The van der Waals surface area contributed by atoms with E-state index >= 15 is 0 Å². The van der Waals surface area contributed by atoms with Crippen molar-refractivity contribution in [1.82, 2.24) is 4.98 Å². The highest BCUT2D eigenvalue weighted by atomic mass is 35.5. The molecule has 0 spiro atoms. The van der Waals surface area contributed by atoms with Crippen molar-refractivity contribution in [3.63, 3.8) is 0 Å². The summed E-state index contributed by atoms with van der Waals surface area (Å²) in [7, 11) is 0. The number of pyridine rings is 1. The number of nitrogens with zero attached hydrogens (tertiary/aromatic N) is 1. The second kappa shape index (κ2) is 4.19. The van der Waals surface area contributed by atoms with Crippen LogP contribution >= 0.6 is 23.2 Å². The summed E-state index contributed by atoms with van der Waals surface area (Å²) in [4.78, 5) is 4.16. The van der Waals surface area contributed by atoms with Crippen molar-refractivity contribution >= 4 is 40.0 Å². The number of para-hydroxylation sites is 1. The monoisotopic (exact) mass is 278 g/mol. The molecule has 0 bridgehead atoms. The highest BCUT2D eigenvalue weighted by molar-refractivity contribution is 6.37. The van der Waals surface area contributed by atoms with Gasteiger partial charge in [-0.25, -0.2) is 4.98 Å². The van der Waals surface area contributed by atoms with Crippen LogP contribution in [0.4, 0.5) is 5.82 Å². The number of hydrogen-bond acceptors (Lipinski definition) is 3. The Morgan fingerprint density at radius 3 is 2.61 bits per heavy atom. The summed E-state index contributed by atoms with van der Waals surface area (Å²) >= 11 is 12.0. The second-order valence-corrected chi connectivity index (χ2v) is 4.65. The lowest BCUT2D eigenvalue weighted by Gasteiger charge is -2.03. The van der Waals surface area contributed by atoms with Gasteiger partial charge >= 0.3 is 0 Å². The van der Waals surface area contributed by atoms with Gasteiger partial charge in [-0.05, 0) is 18.2 Å². The van der Waals surface area contributed by atoms with Crippen LogP contribution in [0, 0.1) is 0 Å². The average molecular weight is 279 g/mol. The molecule has 90 valence electrons. The number of nitrogen functional groups attached to an aromatic ring is 1. The summed E-state index contributed by atoms with van der Waals surface area (Å²) < 4.78 is 5.68. The van der Waals surface area contributed by atoms with E-state index in [0.717, 1.165) is 11.0 Å². The van der Waals surface area contributed by atoms with Gasteiger partial charge in [0.05, 0.1) is 10.0 Å². The molecule has 1 aromatic carbocycles. The summed E-state index contributed by atoms with van der Waals surface area (Å²) in [5, 5.41) is 1.73. The van der Waals surface area contributed by atoms with Gasteiger partial charge in [0, 0.05) is 5.39 Å². The molecule has 0 radical (unpaired) electrons. The molecule has 2 N–H and O–H groups in total. The van der Waals surface area contributed by atoms with Crippen molar-refractivity contribution in [2.24, 2.45) is 0 Å². The van der Waals surface area contributed by atoms with Crippen molar-refractivity contribution < 1.29 is 4.42 Å². The van der Waals surface area contributed by atoms with E-state index in [9.17, 15) is 0 Å². The topological polar surface area (TPSA) is 52.0 Å². The highest BCUT2D eigenvalue weighted by Crippen LogP contribution is 2.34. The third kappa shape index (κ3) is 1.82. The van der Waals surface area contributed by atoms with E-state index in [1.807, 2.05) is 30.3 Å². The molecule has 0 aliphatic rings. The fourth-order valence-corrected chi connectivity index (χ4v) is 2.20. The van der Waals surface area contributed by atoms with E-state index in [-0.39, 0.29) is 5.82 Å². The fourth-order valence-electron chi connectivity index (χ4n) is 1.75. The normalized spacial score (nSPS) is 11.0. The van der Waals surface area contributed by atoms with Gasteiger partial charge in [-0.15, -0.1) is 0 Å². The van der Waals surface area contributed by atoms with Crippen molar-refractivity contribution in [2.45, 2.75) is 0 Å². The lowest BCUT2D eigenvalue weighted by molar-refractivity contribution is 0.629. The molecule has 3 rings (SSSR count). The van der Waals surface area contributed by atoms with Crippen LogP contribution in [-0.4, -0.2) is 4.98 Å². The fraction of sp³-hybridized carbons (Fsp3) is 0. The van der Waals surface area contributed by atoms with Crippen molar-refractivity contribution in [3.05, 3.63) is 46.4 Å². The number of fused-ring (bicyclic) bond motifs is 1. The van der Waals surface area contributed by atoms with Crippen LogP contribution in [0.2, 0.25) is 10.0 Å². The molecule has 0 aliphatic heterocycles. The Bertz CT molecular complexity index is 704. The van der Waals surface area contributed by atoms with Crippen molar-refractivity contribution in [1.29, 1.82) is 0 Å². The van der Waals surface area contributed by atoms with E-state index in [1.54, 1.807) is 6.07 Å². The Morgan fingerprint density at radius 2 is 1.83 bits per heavy atom. The van der Waals surface area contributed by atoms with Crippen LogP contribution in [0.1, 0.15) is 0 Å². The van der Waals surface area contributed by atoms with Crippen LogP contribution in [0.5, 0.6) is 0 Å². The molecule has 2 heterocycles. The first kappa shape index (κ1) is 11.4. The number of aromatic nitrogens is 1. The Balaban J connectivity index is 2.22. The standard InChI is InChI=1S/C13H8Cl2N2O/c14-8-6-9(15)13(16)17-12(8)11-5-7-3-1-2-4-10(7)18-11/h1-6H,(H2,16,17). The number of halogens is 2. The molecule has 3 aromatic rings. The van der Waals surface area contributed by atoms with Gasteiger partial charge in [-0.2, -0.15) is 0 Å². The molecule has 0 amide bonds. The van der Waals surface area contributed by atoms with Crippen LogP contribution in [0.25, 0.3) is 22.4 Å². The molecule has 0 saturated heterocycles. The molecule has 5 heteroatoms. The highest BCUT2D eigenvalue weighted by Gasteiger charge is 2.13. The lowest BCUT2D eigenvalue weighted by atomic mass is 10.2. The Labute approximate surface area is 113 Å². The second-order valence-electron chi connectivity index (χ2n) is 3.83. The van der Waals surface area contributed by atoms with Gasteiger partial charge in [-0.1, -0.05) is 41.4 Å². The van der Waals surface area contributed by atoms with Crippen LogP contribution < -0.4 is 5.73 Å². The molecule has 0 unspecified atom stereocenters. The zero-order chi connectivity index (χ0) is 12.7. The molecule has 0 atom stereocenters. The van der Waals surface area contributed by atoms with Gasteiger partial charge < -0.3 is 10.2 Å². The smallest absolute Gasteiger partial charge is 0.155 e. The Hall–Kier alpha value is -1.71. The number of anilines is 1. The first-order valence-corrected chi connectivity index (χ1v) is 6.01. The number of hydrogen-bond donors (Lipinski definition) is 1. The number of benzene rings is 1. The average Bonchev–Trinajstić information content (AvgIpc) is 2.77. The SMILES string of the molecule is Nc1nc(-c2cc3ccccc3o2)c(Cl)cc1Cl. The molecule has 0 fully saturated rings. The number of rotatable bonds is 1. The van der Waals surface area contributed by atoms with E-state index < -0.39 is 0 Å². The maximum absolute atomic E-state index is 6.10. The van der Waals surface area contributed by atoms with Gasteiger partial charge in [0.1, 0.15) is 17.1 Å². The maximum atomic E-state index is 6.10. The minimum absolute atomic E-state index is 0.233. The first-order valence-electron chi connectivity index (χ1n) is 5.25. The van der Waals surface area contributed by atoms with Gasteiger partial charge in [0.2, 0.25) is 0 Å². The van der Waals surface area contributed by atoms with Gasteiger partial charge in [-0.3, -0.25) is 0 Å². The van der Waals surface area contributed by atoms with Crippen molar-refractivity contribution in [3.8, 4) is 11.5 Å². The third-order valence-electron chi connectivity index (χ3n) is 2.62. The zero-order valence-corrected chi connectivity index (χ0v) is 10.7. The number of furan rings is 1. The van der Waals surface area contributed by atoms with E-state index in [4.69, 9.17) is 33.4 Å². The molecule has 18 heavy (non-hydrogen) atoms. The molecule has 0 aliphatic carbocycles. The molecular formula is C13H8Cl2N2O. The van der Waals surface area contributed by atoms with Crippen molar-refractivity contribution in [2.75, 3.05) is 5.73 Å². The minimum atomic E-state index is 0.233. The zero-order valence-electron chi connectivity index (χ0n) is 9.15. The first-order chi connectivity index (χ1) is 8.65. The van der Waals surface area contributed by atoms with E-state index in [1.165, 1.54) is 0 Å². The van der Waals surface area contributed by atoms with Crippen LogP contribution in [0.15, 0.2) is 40.8 Å². The predicted octanol–water partition coefficient (Wildman–Crippen LogP) is 4.38. The largest absolute Gasteiger partial charge is 0.454 e. The summed E-state index contributed by atoms with van der Waals surface area (Å²) in [6.45, 7) is 0. The Morgan fingerprint density at radius 1 is 1.06 bits per heavy atom. The number of nitrogens with two attached hydrogens (primary N) is 1. The van der Waals surface area contributed by atoms with E-state index in [2.05, 4.69) is 4.98 Å². The van der Waals surface area contributed by atoms with Gasteiger partial charge in [0.15, 0.2) is 5.76 Å². The summed E-state index contributed by atoms with van der Waals surface area (Å²) in [5.74, 6) is 0.807. The third-order valence-corrected chi connectivity index (χ3v) is 3.21. The quantitative estimate of drug-likeness (QED) is 0.719. The van der Waals surface area contributed by atoms with E-state index in [0.29, 0.717) is 21.5 Å². The maximum Gasteiger partial charge on any atom is 0.155 e. The van der Waals surface area contributed by atoms with Crippen LogP contribution in [0.3, 0.4) is 0 Å². The molecule has 2 aromatic heterocycles. The summed E-state index contributed by atoms with van der Waals surface area (Å²) in [6, 6.07) is 11.1. The van der Waals surface area contributed by atoms with Crippen LogP contribution in [-0.2, 0) is 0 Å². The summed E-state index contributed by atoms with van der Waals surface area (Å²) in [5.41, 5.74) is 6.95. The molecule has 0 saturated carbocycles. The molecule has 3 nitrogen and oxygen atoms in total. The lowest BCUT2D eigenvalue weighted by Crippen LogP contribution is -1.93. The Kier molecular flexibility index (Phi) is 2.65. The minimum Gasteiger partial charge on any atom is -0.454 e. The predicted molar refractivity (Wildman–Crippen MR) is 73.9 cm³/mol. The molecular weight excluding hydrogens is 271 g/mol. The van der Waals surface area contributed by atoms with Gasteiger partial charge in [0.25, 0.3) is 0 Å².